The number of anilines is 1. The molecule has 1 amide bonds. The molecule has 4 nitrogen and oxygen atoms in total. The smallest absolute Gasteiger partial charge is 0.225 e. The number of thiazole rings is 1. The maximum atomic E-state index is 12.2. The van der Waals surface area contributed by atoms with Crippen molar-refractivity contribution >= 4 is 33.7 Å². The van der Waals surface area contributed by atoms with Crippen molar-refractivity contribution in [3.8, 4) is 10.6 Å². The summed E-state index contributed by atoms with van der Waals surface area (Å²) in [6.45, 7) is 0. The molecule has 0 saturated heterocycles. The zero-order valence-corrected chi connectivity index (χ0v) is 15.2. The van der Waals surface area contributed by atoms with E-state index in [4.69, 9.17) is 0 Å². The van der Waals surface area contributed by atoms with Gasteiger partial charge in [-0.15, -0.1) is 11.3 Å². The second kappa shape index (κ2) is 8.69. The Balaban J connectivity index is 1.48. The molecule has 0 aliphatic heterocycles. The first-order chi connectivity index (χ1) is 12.2. The Kier molecular flexibility index (Phi) is 6.09. The topological polar surface area (TPSA) is 59.1 Å². The highest BCUT2D eigenvalue weighted by Gasteiger charge is 2.10. The van der Waals surface area contributed by atoms with Crippen molar-refractivity contribution in [3.63, 3.8) is 0 Å². The van der Waals surface area contributed by atoms with Gasteiger partial charge in [-0.3, -0.25) is 9.00 Å². The lowest BCUT2D eigenvalue weighted by Gasteiger charge is -2.04. The quantitative estimate of drug-likeness (QED) is 0.681. The van der Waals surface area contributed by atoms with Crippen LogP contribution in [0.1, 0.15) is 12.1 Å². The van der Waals surface area contributed by atoms with Crippen LogP contribution in [0, 0.1) is 0 Å². The third-order valence-electron chi connectivity index (χ3n) is 3.50. The number of amides is 1. The molecular formula is C19H18N2O2S2. The molecule has 3 aromatic rings. The molecule has 0 spiro atoms. The van der Waals surface area contributed by atoms with Gasteiger partial charge in [0.05, 0.1) is 11.4 Å². The zero-order valence-electron chi connectivity index (χ0n) is 13.6. The number of nitrogens with one attached hydrogen (secondary N) is 1. The number of nitrogens with zero attached hydrogens (tertiary/aromatic N) is 1. The predicted octanol–water partition coefficient (Wildman–Crippen LogP) is 4.09. The highest BCUT2D eigenvalue weighted by Crippen LogP contribution is 2.23. The van der Waals surface area contributed by atoms with Crippen molar-refractivity contribution in [1.29, 1.82) is 0 Å². The zero-order chi connectivity index (χ0) is 17.5. The first-order valence-corrected chi connectivity index (χ1v) is 10.3. The van der Waals surface area contributed by atoms with Crippen LogP contribution in [0.5, 0.6) is 0 Å². The minimum atomic E-state index is -1.11. The molecule has 0 bridgehead atoms. The number of carbonyl (C=O) groups excluding carboxylic acids is 1. The van der Waals surface area contributed by atoms with Crippen LogP contribution in [0.2, 0.25) is 0 Å². The maximum Gasteiger partial charge on any atom is 0.225 e. The van der Waals surface area contributed by atoms with Crippen LogP contribution in [-0.2, 0) is 21.3 Å². The van der Waals surface area contributed by atoms with E-state index in [2.05, 4.69) is 10.3 Å². The number of hydrogen-bond donors (Lipinski definition) is 1. The van der Waals surface area contributed by atoms with Gasteiger partial charge in [0.15, 0.2) is 0 Å². The molecule has 0 aliphatic rings. The van der Waals surface area contributed by atoms with Gasteiger partial charge in [-0.05, 0) is 12.1 Å². The molecule has 3 rings (SSSR count). The monoisotopic (exact) mass is 370 g/mol. The van der Waals surface area contributed by atoms with Gasteiger partial charge in [-0.2, -0.15) is 0 Å². The Labute approximate surface area is 153 Å². The summed E-state index contributed by atoms with van der Waals surface area (Å²) in [5, 5.41) is 5.66. The molecule has 6 heteroatoms. The van der Waals surface area contributed by atoms with E-state index in [1.165, 1.54) is 0 Å². The van der Waals surface area contributed by atoms with Gasteiger partial charge in [0.1, 0.15) is 5.01 Å². The first-order valence-electron chi connectivity index (χ1n) is 7.90. The number of para-hydroxylation sites is 1. The molecule has 128 valence electrons. The molecule has 0 saturated carbocycles. The van der Waals surface area contributed by atoms with E-state index in [0.717, 1.165) is 22.0 Å². The number of hydrogen-bond acceptors (Lipinski definition) is 4. The van der Waals surface area contributed by atoms with E-state index in [1.54, 1.807) is 11.3 Å². The minimum absolute atomic E-state index is 0.122. The largest absolute Gasteiger partial charge is 0.326 e. The average Bonchev–Trinajstić information content (AvgIpc) is 3.10. The molecular weight excluding hydrogens is 352 g/mol. The fourth-order valence-corrected chi connectivity index (χ4v) is 4.24. The normalized spacial score (nSPS) is 11.8. The summed E-state index contributed by atoms with van der Waals surface area (Å²) in [4.78, 5) is 16.4. The lowest BCUT2D eigenvalue weighted by Crippen LogP contribution is -2.15. The maximum absolute atomic E-state index is 12.2. The van der Waals surface area contributed by atoms with Crippen molar-refractivity contribution < 1.29 is 9.00 Å². The highest BCUT2D eigenvalue weighted by molar-refractivity contribution is 7.84. The summed E-state index contributed by atoms with van der Waals surface area (Å²) in [6.07, 6.45) is 0.233. The number of benzene rings is 2. The molecule has 0 aliphatic carbocycles. The van der Waals surface area contributed by atoms with Crippen molar-refractivity contribution in [2.24, 2.45) is 0 Å². The standard InChI is InChI=1S/C19H18N2O2S2/c22-18(20-16-9-5-2-6-10-16)11-12-25(23)14-17-13-24-19(21-17)15-7-3-1-4-8-15/h1-10,13H,11-12,14H2,(H,20,22). The van der Waals surface area contributed by atoms with E-state index >= 15 is 0 Å². The second-order valence-corrected chi connectivity index (χ2v) is 7.90. The predicted molar refractivity (Wildman–Crippen MR) is 104 cm³/mol. The molecule has 0 fully saturated rings. The second-order valence-electron chi connectivity index (χ2n) is 5.46. The molecule has 2 aromatic carbocycles. The fraction of sp³-hybridized carbons (Fsp3) is 0.158. The van der Waals surface area contributed by atoms with Crippen LogP contribution in [0.15, 0.2) is 66.0 Å². The van der Waals surface area contributed by atoms with E-state index in [-0.39, 0.29) is 12.3 Å². The van der Waals surface area contributed by atoms with E-state index < -0.39 is 10.8 Å². The van der Waals surface area contributed by atoms with Gasteiger partial charge in [0.25, 0.3) is 0 Å². The summed E-state index contributed by atoms with van der Waals surface area (Å²) in [7, 11) is -1.11. The van der Waals surface area contributed by atoms with E-state index in [1.807, 2.05) is 66.0 Å². The van der Waals surface area contributed by atoms with Crippen LogP contribution in [0.3, 0.4) is 0 Å². The van der Waals surface area contributed by atoms with Gasteiger partial charge in [-0.25, -0.2) is 4.98 Å². The van der Waals surface area contributed by atoms with Crippen LogP contribution >= 0.6 is 11.3 Å². The molecule has 1 aromatic heterocycles. The lowest BCUT2D eigenvalue weighted by molar-refractivity contribution is -0.115. The SMILES string of the molecule is O=C(CCS(=O)Cc1csc(-c2ccccc2)n1)Nc1ccccc1. The van der Waals surface area contributed by atoms with Crippen molar-refractivity contribution in [2.45, 2.75) is 12.2 Å². The summed E-state index contributed by atoms with van der Waals surface area (Å²) in [5.74, 6) is 0.585. The van der Waals surface area contributed by atoms with E-state index in [0.29, 0.717) is 11.5 Å². The van der Waals surface area contributed by atoms with Gasteiger partial charge >= 0.3 is 0 Å². The lowest BCUT2D eigenvalue weighted by atomic mass is 10.2. The van der Waals surface area contributed by atoms with Crippen LogP contribution < -0.4 is 5.32 Å². The summed E-state index contributed by atoms with van der Waals surface area (Å²) < 4.78 is 12.2. The van der Waals surface area contributed by atoms with Crippen molar-refractivity contribution in [1.82, 2.24) is 4.98 Å². The van der Waals surface area contributed by atoms with Crippen LogP contribution in [0.4, 0.5) is 5.69 Å². The third-order valence-corrected chi connectivity index (χ3v) is 5.71. The first kappa shape index (κ1) is 17.5. The van der Waals surface area contributed by atoms with Crippen molar-refractivity contribution in [2.75, 3.05) is 11.1 Å². The van der Waals surface area contributed by atoms with Gasteiger partial charge in [0, 0.05) is 39.6 Å². The van der Waals surface area contributed by atoms with Gasteiger partial charge in [0.2, 0.25) is 5.91 Å². The molecule has 1 unspecified atom stereocenters. The Morgan fingerprint density at radius 3 is 2.44 bits per heavy atom. The fourth-order valence-electron chi connectivity index (χ4n) is 2.28. The molecule has 1 N–H and O–H groups in total. The van der Waals surface area contributed by atoms with Crippen LogP contribution in [-0.4, -0.2) is 20.9 Å². The number of carbonyl (C=O) groups is 1. The Morgan fingerprint density at radius 1 is 1.04 bits per heavy atom. The van der Waals surface area contributed by atoms with E-state index in [9.17, 15) is 9.00 Å². The third kappa shape index (κ3) is 5.34. The Bertz CT molecular complexity index is 848. The summed E-state index contributed by atoms with van der Waals surface area (Å²) >= 11 is 1.55. The molecule has 1 atom stereocenters. The number of rotatable bonds is 7. The Morgan fingerprint density at radius 2 is 1.72 bits per heavy atom. The van der Waals surface area contributed by atoms with Crippen molar-refractivity contribution in [3.05, 3.63) is 71.7 Å². The van der Waals surface area contributed by atoms with Crippen LogP contribution in [0.25, 0.3) is 10.6 Å². The summed E-state index contributed by atoms with van der Waals surface area (Å²) in [5.41, 5.74) is 2.63. The minimum Gasteiger partial charge on any atom is -0.326 e. The highest BCUT2D eigenvalue weighted by atomic mass is 32.2. The Hall–Kier alpha value is -2.31. The number of aromatic nitrogens is 1. The van der Waals surface area contributed by atoms with Gasteiger partial charge in [-0.1, -0.05) is 48.5 Å². The van der Waals surface area contributed by atoms with Gasteiger partial charge < -0.3 is 5.32 Å². The molecule has 0 radical (unpaired) electrons. The summed E-state index contributed by atoms with van der Waals surface area (Å²) in [6, 6.07) is 19.2. The molecule has 1 heterocycles. The molecule has 25 heavy (non-hydrogen) atoms. The average molecular weight is 370 g/mol.